The van der Waals surface area contributed by atoms with Crippen molar-refractivity contribution in [2.45, 2.75) is 57.2 Å². The molecule has 1 aromatic rings. The molecular formula is C19H29N5O. The lowest BCUT2D eigenvalue weighted by Crippen LogP contribution is -2.49. The van der Waals surface area contributed by atoms with Gasteiger partial charge in [0.2, 0.25) is 0 Å². The van der Waals surface area contributed by atoms with Crippen molar-refractivity contribution < 1.29 is 4.79 Å². The van der Waals surface area contributed by atoms with E-state index >= 15 is 0 Å². The molecule has 0 spiro atoms. The van der Waals surface area contributed by atoms with Crippen molar-refractivity contribution in [3.05, 3.63) is 23.9 Å². The van der Waals surface area contributed by atoms with Gasteiger partial charge < -0.3 is 15.5 Å². The monoisotopic (exact) mass is 343 g/mol. The van der Waals surface area contributed by atoms with Gasteiger partial charge in [-0.15, -0.1) is 0 Å². The number of anilines is 1. The number of hydrogen-bond acceptors (Lipinski definition) is 4. The van der Waals surface area contributed by atoms with Gasteiger partial charge in [0.1, 0.15) is 5.82 Å². The molecule has 0 aliphatic carbocycles. The number of amides is 2. The Morgan fingerprint density at radius 1 is 1.08 bits per heavy atom. The molecule has 4 rings (SSSR count). The Morgan fingerprint density at radius 2 is 1.92 bits per heavy atom. The van der Waals surface area contributed by atoms with Crippen LogP contribution in [0.15, 0.2) is 18.3 Å². The van der Waals surface area contributed by atoms with E-state index in [9.17, 15) is 4.79 Å². The van der Waals surface area contributed by atoms with Crippen LogP contribution < -0.4 is 15.5 Å². The molecule has 2 atom stereocenters. The van der Waals surface area contributed by atoms with E-state index in [-0.39, 0.29) is 6.03 Å². The average Bonchev–Trinajstić information content (AvgIpc) is 3.31. The number of rotatable bonds is 4. The van der Waals surface area contributed by atoms with Crippen LogP contribution in [0.2, 0.25) is 0 Å². The highest BCUT2D eigenvalue weighted by atomic mass is 16.2. The summed E-state index contributed by atoms with van der Waals surface area (Å²) in [5, 5.41) is 6.17. The van der Waals surface area contributed by atoms with E-state index < -0.39 is 0 Å². The summed E-state index contributed by atoms with van der Waals surface area (Å²) in [4.78, 5) is 21.7. The third-order valence-electron chi connectivity index (χ3n) is 5.86. The van der Waals surface area contributed by atoms with Crippen LogP contribution in [0.1, 0.15) is 44.1 Å². The zero-order chi connectivity index (χ0) is 17.1. The fraction of sp³-hybridized carbons (Fsp3) is 0.684. The number of hydrogen-bond donors (Lipinski definition) is 2. The molecule has 6 nitrogen and oxygen atoms in total. The molecule has 3 aliphatic rings. The third kappa shape index (κ3) is 3.89. The van der Waals surface area contributed by atoms with Crippen LogP contribution in [0.5, 0.6) is 0 Å². The number of fused-ring (bicyclic) bond motifs is 1. The normalized spacial score (nSPS) is 26.5. The van der Waals surface area contributed by atoms with Crippen molar-refractivity contribution in [3.8, 4) is 0 Å². The topological polar surface area (TPSA) is 60.5 Å². The summed E-state index contributed by atoms with van der Waals surface area (Å²) < 4.78 is 0. The number of aromatic nitrogens is 1. The van der Waals surface area contributed by atoms with E-state index in [0.29, 0.717) is 18.6 Å². The van der Waals surface area contributed by atoms with Crippen LogP contribution in [0.4, 0.5) is 10.6 Å². The lowest BCUT2D eigenvalue weighted by atomic mass is 9.99. The number of nitrogens with one attached hydrogen (secondary N) is 2. The second kappa shape index (κ2) is 7.60. The zero-order valence-electron chi connectivity index (χ0n) is 14.9. The number of carbonyl (C=O) groups excluding carboxylic acids is 1. The lowest BCUT2D eigenvalue weighted by Gasteiger charge is -2.32. The average molecular weight is 343 g/mol. The van der Waals surface area contributed by atoms with E-state index in [2.05, 4.69) is 37.6 Å². The quantitative estimate of drug-likeness (QED) is 0.879. The molecule has 1 aromatic heterocycles. The Balaban J connectivity index is 1.24. The maximum absolute atomic E-state index is 12.3. The van der Waals surface area contributed by atoms with Crippen molar-refractivity contribution in [2.24, 2.45) is 0 Å². The smallest absolute Gasteiger partial charge is 0.315 e. The number of piperidine rings is 1. The van der Waals surface area contributed by atoms with Crippen molar-refractivity contribution >= 4 is 11.8 Å². The number of urea groups is 1. The van der Waals surface area contributed by atoms with E-state index in [1.165, 1.54) is 38.6 Å². The molecule has 0 saturated carbocycles. The first-order chi connectivity index (χ1) is 12.3. The van der Waals surface area contributed by atoms with Crippen molar-refractivity contribution in [2.75, 3.05) is 31.1 Å². The second-order valence-electron chi connectivity index (χ2n) is 7.54. The molecule has 0 aromatic carbocycles. The molecule has 0 radical (unpaired) electrons. The van der Waals surface area contributed by atoms with Crippen molar-refractivity contribution in [3.63, 3.8) is 0 Å². The maximum atomic E-state index is 12.3. The van der Waals surface area contributed by atoms with Crippen molar-refractivity contribution in [1.29, 1.82) is 0 Å². The minimum absolute atomic E-state index is 0.0546. The Bertz CT molecular complexity index is 584. The minimum atomic E-state index is -0.0546. The predicted octanol–water partition coefficient (Wildman–Crippen LogP) is 2.11. The number of nitrogens with zero attached hydrogens (tertiary/aromatic N) is 3. The minimum Gasteiger partial charge on any atom is -0.357 e. The van der Waals surface area contributed by atoms with Crippen molar-refractivity contribution in [1.82, 2.24) is 20.5 Å². The molecule has 0 bridgehead atoms. The van der Waals surface area contributed by atoms with Gasteiger partial charge >= 0.3 is 6.03 Å². The van der Waals surface area contributed by atoms with E-state index in [4.69, 9.17) is 0 Å². The fourth-order valence-corrected chi connectivity index (χ4v) is 4.47. The highest BCUT2D eigenvalue weighted by molar-refractivity contribution is 5.74. The van der Waals surface area contributed by atoms with Crippen LogP contribution in [-0.2, 0) is 6.54 Å². The summed E-state index contributed by atoms with van der Waals surface area (Å²) in [7, 11) is 0. The molecule has 136 valence electrons. The molecular weight excluding hydrogens is 314 g/mol. The van der Waals surface area contributed by atoms with Gasteiger partial charge in [-0.25, -0.2) is 9.78 Å². The first-order valence-corrected chi connectivity index (χ1v) is 9.78. The standard InChI is InChI=1S/C19H29N5O/c25-19(22-16-8-12-23-9-2-1-5-17(16)23)21-14-15-6-7-18(20-13-15)24-10-3-4-11-24/h6-7,13,16-17H,1-5,8-12,14H2,(H2,21,22,25)/t16-,17-/m1/s1. The van der Waals surface area contributed by atoms with Crippen LogP contribution in [0.25, 0.3) is 0 Å². The van der Waals surface area contributed by atoms with Gasteiger partial charge in [-0.3, -0.25) is 4.90 Å². The van der Waals surface area contributed by atoms with Gasteiger partial charge in [0.05, 0.1) is 0 Å². The maximum Gasteiger partial charge on any atom is 0.315 e. The number of pyridine rings is 1. The summed E-state index contributed by atoms with van der Waals surface area (Å²) in [6.45, 7) is 5.05. The van der Waals surface area contributed by atoms with E-state index in [1.807, 2.05) is 6.20 Å². The Morgan fingerprint density at radius 3 is 2.72 bits per heavy atom. The Labute approximate surface area is 150 Å². The highest BCUT2D eigenvalue weighted by Gasteiger charge is 2.36. The molecule has 3 saturated heterocycles. The van der Waals surface area contributed by atoms with Crippen LogP contribution in [0.3, 0.4) is 0 Å². The summed E-state index contributed by atoms with van der Waals surface area (Å²) >= 11 is 0. The number of carbonyl (C=O) groups is 1. The van der Waals surface area contributed by atoms with Gasteiger partial charge in [-0.1, -0.05) is 12.5 Å². The van der Waals surface area contributed by atoms with Crippen LogP contribution >= 0.6 is 0 Å². The highest BCUT2D eigenvalue weighted by Crippen LogP contribution is 2.27. The summed E-state index contributed by atoms with van der Waals surface area (Å²) in [6, 6.07) is 4.93. The molecule has 3 fully saturated rings. The Kier molecular flexibility index (Phi) is 5.06. The SMILES string of the molecule is O=C(NCc1ccc(N2CCCC2)nc1)N[C@@H]1CCN2CCCC[C@H]12. The molecule has 25 heavy (non-hydrogen) atoms. The second-order valence-corrected chi connectivity index (χ2v) is 7.54. The largest absolute Gasteiger partial charge is 0.357 e. The predicted molar refractivity (Wildman–Crippen MR) is 98.7 cm³/mol. The molecule has 6 heteroatoms. The molecule has 2 N–H and O–H groups in total. The van der Waals surface area contributed by atoms with Gasteiger partial charge in [0.15, 0.2) is 0 Å². The van der Waals surface area contributed by atoms with Gasteiger partial charge in [-0.2, -0.15) is 0 Å². The summed E-state index contributed by atoms with van der Waals surface area (Å²) in [5.74, 6) is 1.05. The van der Waals surface area contributed by atoms with E-state index in [0.717, 1.165) is 37.4 Å². The molecule has 2 amide bonds. The Hall–Kier alpha value is -1.82. The summed E-state index contributed by atoms with van der Waals surface area (Å²) in [5.41, 5.74) is 1.05. The van der Waals surface area contributed by atoms with Crippen LogP contribution in [0, 0.1) is 0 Å². The van der Waals surface area contributed by atoms with Gasteiger partial charge in [-0.05, 0) is 50.3 Å². The van der Waals surface area contributed by atoms with Gasteiger partial charge in [0.25, 0.3) is 0 Å². The zero-order valence-corrected chi connectivity index (χ0v) is 14.9. The third-order valence-corrected chi connectivity index (χ3v) is 5.86. The van der Waals surface area contributed by atoms with E-state index in [1.54, 1.807) is 0 Å². The molecule has 0 unspecified atom stereocenters. The molecule has 4 heterocycles. The first kappa shape index (κ1) is 16.6. The first-order valence-electron chi connectivity index (χ1n) is 9.78. The molecule has 3 aliphatic heterocycles. The van der Waals surface area contributed by atoms with Gasteiger partial charge in [0, 0.05) is 44.5 Å². The van der Waals surface area contributed by atoms with Crippen LogP contribution in [-0.4, -0.2) is 54.2 Å². The summed E-state index contributed by atoms with van der Waals surface area (Å²) in [6.07, 6.45) is 9.27. The lowest BCUT2D eigenvalue weighted by molar-refractivity contribution is 0.179. The fourth-order valence-electron chi connectivity index (χ4n) is 4.47.